The van der Waals surface area contributed by atoms with E-state index in [2.05, 4.69) is 0 Å². The van der Waals surface area contributed by atoms with Gasteiger partial charge in [-0.25, -0.2) is 4.98 Å². The van der Waals surface area contributed by atoms with E-state index in [1.54, 1.807) is 24.0 Å². The summed E-state index contributed by atoms with van der Waals surface area (Å²) in [7, 11) is 0. The molecule has 2 N–H and O–H groups in total. The summed E-state index contributed by atoms with van der Waals surface area (Å²) >= 11 is 0. The van der Waals surface area contributed by atoms with Gasteiger partial charge in [-0.05, 0) is 68.1 Å². The Hall–Kier alpha value is -4.24. The van der Waals surface area contributed by atoms with Gasteiger partial charge in [0.1, 0.15) is 5.82 Å². The quantitative estimate of drug-likeness (QED) is 0.221. The highest BCUT2D eigenvalue weighted by Gasteiger charge is 2.34. The van der Waals surface area contributed by atoms with Crippen LogP contribution in [-0.2, 0) is 12.7 Å². The molecule has 1 amide bonds. The summed E-state index contributed by atoms with van der Waals surface area (Å²) in [5.74, 6) is -0.0123. The predicted molar refractivity (Wildman–Crippen MR) is 163 cm³/mol. The fourth-order valence-corrected chi connectivity index (χ4v) is 5.30. The molecule has 6 nitrogen and oxygen atoms in total. The minimum atomic E-state index is -4.57. The second-order valence-corrected chi connectivity index (χ2v) is 11.1. The van der Waals surface area contributed by atoms with Crippen LogP contribution in [0.2, 0.25) is 0 Å². The summed E-state index contributed by atoms with van der Waals surface area (Å²) in [5.41, 5.74) is 7.39. The van der Waals surface area contributed by atoms with Gasteiger partial charge in [0.15, 0.2) is 0 Å². The van der Waals surface area contributed by atoms with Crippen molar-refractivity contribution in [1.82, 2.24) is 14.5 Å². The van der Waals surface area contributed by atoms with Crippen LogP contribution in [-0.4, -0.2) is 33.4 Å². The standard InChI is InChI=1S/C34H37F3N4O2/c1-22(2)30(40(19-9-18-38)32(42)26-16-14-23(3)15-17-26)31-39-24(4)29(27-12-8-13-28(20-27)34(35,36)37)33(43)41(31)21-25-10-6-5-7-11-25/h5-8,10-17,20,22,30H,9,18-19,21,38H2,1-4H3. The Labute approximate surface area is 250 Å². The van der Waals surface area contributed by atoms with Crippen molar-refractivity contribution in [3.8, 4) is 11.1 Å². The molecule has 4 aromatic rings. The molecule has 1 aromatic heterocycles. The molecule has 0 fully saturated rings. The molecular formula is C34H37F3N4O2. The number of hydrogen-bond donors (Lipinski definition) is 1. The second-order valence-electron chi connectivity index (χ2n) is 11.1. The lowest BCUT2D eigenvalue weighted by atomic mass is 9.97. The Balaban J connectivity index is 1.96. The highest BCUT2D eigenvalue weighted by atomic mass is 19.4. The number of rotatable bonds is 10. The summed E-state index contributed by atoms with van der Waals surface area (Å²) in [6.45, 7) is 8.30. The minimum Gasteiger partial charge on any atom is -0.330 e. The van der Waals surface area contributed by atoms with Crippen LogP contribution in [0.4, 0.5) is 13.2 Å². The first-order valence-corrected chi connectivity index (χ1v) is 14.3. The second kappa shape index (κ2) is 13.4. The van der Waals surface area contributed by atoms with Crippen molar-refractivity contribution < 1.29 is 18.0 Å². The molecule has 9 heteroatoms. The number of hydrogen-bond acceptors (Lipinski definition) is 4. The van der Waals surface area contributed by atoms with Crippen molar-refractivity contribution in [2.24, 2.45) is 11.7 Å². The third-order valence-corrected chi connectivity index (χ3v) is 7.44. The lowest BCUT2D eigenvalue weighted by Crippen LogP contribution is -2.42. The molecule has 0 saturated carbocycles. The Bertz CT molecular complexity index is 1610. The molecular weight excluding hydrogens is 553 g/mol. The van der Waals surface area contributed by atoms with Crippen LogP contribution >= 0.6 is 0 Å². The number of nitrogens with two attached hydrogens (primary N) is 1. The maximum absolute atomic E-state index is 14.3. The molecule has 0 aliphatic carbocycles. The van der Waals surface area contributed by atoms with Gasteiger partial charge in [0.05, 0.1) is 29.4 Å². The van der Waals surface area contributed by atoms with Crippen molar-refractivity contribution in [2.75, 3.05) is 13.1 Å². The van der Waals surface area contributed by atoms with Crippen LogP contribution in [0.15, 0.2) is 83.7 Å². The molecule has 43 heavy (non-hydrogen) atoms. The first kappa shape index (κ1) is 31.7. The highest BCUT2D eigenvalue weighted by Crippen LogP contribution is 2.34. The van der Waals surface area contributed by atoms with Gasteiger partial charge in [-0.1, -0.05) is 74.0 Å². The molecule has 0 bridgehead atoms. The molecule has 3 aromatic carbocycles. The average Bonchev–Trinajstić information content (AvgIpc) is 2.97. The van der Waals surface area contributed by atoms with Gasteiger partial charge in [0.25, 0.3) is 11.5 Å². The first-order valence-electron chi connectivity index (χ1n) is 14.3. The third kappa shape index (κ3) is 7.22. The Morgan fingerprint density at radius 1 is 0.977 bits per heavy atom. The van der Waals surface area contributed by atoms with Crippen molar-refractivity contribution in [3.63, 3.8) is 0 Å². The molecule has 0 spiro atoms. The van der Waals surface area contributed by atoms with Crippen molar-refractivity contribution in [3.05, 3.63) is 123 Å². The van der Waals surface area contributed by atoms with Gasteiger partial charge in [-0.3, -0.25) is 14.2 Å². The van der Waals surface area contributed by atoms with Crippen LogP contribution < -0.4 is 11.3 Å². The molecule has 0 radical (unpaired) electrons. The number of alkyl halides is 3. The highest BCUT2D eigenvalue weighted by molar-refractivity contribution is 5.94. The number of aromatic nitrogens is 2. The zero-order valence-electron chi connectivity index (χ0n) is 24.9. The summed E-state index contributed by atoms with van der Waals surface area (Å²) < 4.78 is 42.3. The van der Waals surface area contributed by atoms with E-state index in [0.717, 1.165) is 23.3 Å². The van der Waals surface area contributed by atoms with Gasteiger partial charge in [-0.2, -0.15) is 13.2 Å². The van der Waals surface area contributed by atoms with Gasteiger partial charge in [0.2, 0.25) is 0 Å². The maximum Gasteiger partial charge on any atom is 0.416 e. The summed E-state index contributed by atoms with van der Waals surface area (Å²) in [5, 5.41) is 0. The first-order chi connectivity index (χ1) is 20.4. The molecule has 1 unspecified atom stereocenters. The van der Waals surface area contributed by atoms with Crippen LogP contribution in [0.25, 0.3) is 11.1 Å². The lowest BCUT2D eigenvalue weighted by molar-refractivity contribution is -0.137. The molecule has 0 aliphatic heterocycles. The lowest BCUT2D eigenvalue weighted by Gasteiger charge is -2.36. The zero-order valence-corrected chi connectivity index (χ0v) is 24.9. The molecule has 1 atom stereocenters. The molecule has 4 rings (SSSR count). The van der Waals surface area contributed by atoms with Crippen LogP contribution in [0.3, 0.4) is 0 Å². The van der Waals surface area contributed by atoms with E-state index in [9.17, 15) is 22.8 Å². The van der Waals surface area contributed by atoms with Crippen LogP contribution in [0.5, 0.6) is 0 Å². The van der Waals surface area contributed by atoms with Gasteiger partial charge >= 0.3 is 6.18 Å². The molecule has 226 valence electrons. The number of benzene rings is 3. The molecule has 0 aliphatic rings. The van der Waals surface area contributed by atoms with E-state index in [0.29, 0.717) is 30.9 Å². The van der Waals surface area contributed by atoms with E-state index in [-0.39, 0.29) is 35.2 Å². The van der Waals surface area contributed by atoms with Gasteiger partial charge < -0.3 is 10.6 Å². The van der Waals surface area contributed by atoms with Crippen molar-refractivity contribution >= 4 is 5.91 Å². The smallest absolute Gasteiger partial charge is 0.330 e. The summed E-state index contributed by atoms with van der Waals surface area (Å²) in [4.78, 5) is 35.0. The number of carbonyl (C=O) groups is 1. The zero-order chi connectivity index (χ0) is 31.3. The van der Waals surface area contributed by atoms with Crippen LogP contribution in [0.1, 0.15) is 64.9 Å². The predicted octanol–water partition coefficient (Wildman–Crippen LogP) is 6.78. The van der Waals surface area contributed by atoms with Crippen molar-refractivity contribution in [1.29, 1.82) is 0 Å². The Morgan fingerprint density at radius 3 is 2.26 bits per heavy atom. The normalized spacial score (nSPS) is 12.4. The summed E-state index contributed by atoms with van der Waals surface area (Å²) in [6, 6.07) is 20.7. The van der Waals surface area contributed by atoms with Crippen LogP contribution in [0, 0.1) is 19.8 Å². The minimum absolute atomic E-state index is 0.0895. The van der Waals surface area contributed by atoms with E-state index >= 15 is 0 Å². The van der Waals surface area contributed by atoms with Crippen molar-refractivity contribution in [2.45, 2.75) is 52.9 Å². The van der Waals surface area contributed by atoms with E-state index in [4.69, 9.17) is 10.7 Å². The average molecular weight is 591 g/mol. The maximum atomic E-state index is 14.3. The Kier molecular flexibility index (Phi) is 9.86. The number of carbonyl (C=O) groups excluding carboxylic acids is 1. The fourth-order valence-electron chi connectivity index (χ4n) is 5.30. The third-order valence-electron chi connectivity index (χ3n) is 7.44. The van der Waals surface area contributed by atoms with E-state index < -0.39 is 23.3 Å². The van der Waals surface area contributed by atoms with Gasteiger partial charge in [-0.15, -0.1) is 0 Å². The van der Waals surface area contributed by atoms with E-state index in [1.807, 2.05) is 63.2 Å². The Morgan fingerprint density at radius 2 is 1.65 bits per heavy atom. The monoisotopic (exact) mass is 590 g/mol. The van der Waals surface area contributed by atoms with E-state index in [1.165, 1.54) is 16.7 Å². The molecule has 0 saturated heterocycles. The largest absolute Gasteiger partial charge is 0.416 e. The van der Waals surface area contributed by atoms with Gasteiger partial charge in [0, 0.05) is 12.1 Å². The topological polar surface area (TPSA) is 81.2 Å². The summed E-state index contributed by atoms with van der Waals surface area (Å²) in [6.07, 6.45) is -4.03. The number of amides is 1. The molecule has 1 heterocycles. The number of halogens is 3. The number of aryl methyl sites for hydroxylation is 2. The fraction of sp³-hybridized carbons (Fsp3) is 0.324. The SMILES string of the molecule is Cc1ccc(C(=O)N(CCCN)C(c2nc(C)c(-c3cccc(C(F)(F)F)c3)c(=O)n2Cc2ccccc2)C(C)C)cc1. The number of nitrogens with zero attached hydrogens (tertiary/aromatic N) is 3.